The normalized spacial score (nSPS) is 23.7. The highest BCUT2D eigenvalue weighted by molar-refractivity contribution is 5.69. The first-order valence-corrected chi connectivity index (χ1v) is 5.01. The van der Waals surface area contributed by atoms with Gasteiger partial charge in [0.25, 0.3) is 0 Å². The Bertz CT molecular complexity index is 381. The Morgan fingerprint density at radius 1 is 1.53 bits per heavy atom. The Morgan fingerprint density at radius 2 is 2.20 bits per heavy atom. The van der Waals surface area contributed by atoms with Gasteiger partial charge in [0.2, 0.25) is 0 Å². The minimum absolute atomic E-state index is 0.222. The van der Waals surface area contributed by atoms with Gasteiger partial charge < -0.3 is 15.8 Å². The first-order valence-electron chi connectivity index (χ1n) is 5.01. The van der Waals surface area contributed by atoms with Crippen LogP contribution in [-0.2, 0) is 0 Å². The van der Waals surface area contributed by atoms with Crippen molar-refractivity contribution in [3.8, 4) is 5.75 Å². The molecule has 3 nitrogen and oxygen atoms in total. The molecule has 0 heterocycles. The monoisotopic (exact) mass is 210 g/mol. The maximum atomic E-state index is 13.2. The van der Waals surface area contributed by atoms with Gasteiger partial charge in [-0.15, -0.1) is 0 Å². The summed E-state index contributed by atoms with van der Waals surface area (Å²) in [5, 5.41) is 3.26. The van der Waals surface area contributed by atoms with Crippen molar-refractivity contribution >= 4 is 11.4 Å². The first kappa shape index (κ1) is 10.1. The number of hydrogen-bond acceptors (Lipinski definition) is 3. The number of nitrogens with two attached hydrogens (primary N) is 1. The second kappa shape index (κ2) is 3.61. The summed E-state index contributed by atoms with van der Waals surface area (Å²) < 4.78 is 18.1. The third-order valence-electron chi connectivity index (χ3n) is 2.77. The van der Waals surface area contributed by atoms with Gasteiger partial charge in [-0.05, 0) is 12.3 Å². The molecule has 1 fully saturated rings. The van der Waals surface area contributed by atoms with E-state index in [-0.39, 0.29) is 5.75 Å². The molecule has 2 rings (SSSR count). The van der Waals surface area contributed by atoms with Gasteiger partial charge in [-0.25, -0.2) is 4.39 Å². The van der Waals surface area contributed by atoms with Gasteiger partial charge in [0.05, 0.1) is 18.5 Å². The molecule has 2 atom stereocenters. The molecule has 15 heavy (non-hydrogen) atoms. The van der Waals surface area contributed by atoms with Crippen molar-refractivity contribution in [2.75, 3.05) is 18.2 Å². The molecule has 0 amide bonds. The summed E-state index contributed by atoms with van der Waals surface area (Å²) in [6.07, 6.45) is 1.14. The summed E-state index contributed by atoms with van der Waals surface area (Å²) in [5.74, 6) is 0.463. The van der Waals surface area contributed by atoms with E-state index in [2.05, 4.69) is 12.2 Å². The third kappa shape index (κ3) is 1.98. The molecule has 0 aliphatic heterocycles. The van der Waals surface area contributed by atoms with E-state index < -0.39 is 5.82 Å². The molecule has 1 aromatic rings. The number of halogens is 1. The highest BCUT2D eigenvalue weighted by atomic mass is 19.1. The number of methoxy groups -OCH3 is 1. The van der Waals surface area contributed by atoms with Gasteiger partial charge in [-0.2, -0.15) is 0 Å². The van der Waals surface area contributed by atoms with Crippen LogP contribution in [-0.4, -0.2) is 13.2 Å². The van der Waals surface area contributed by atoms with Crippen LogP contribution in [0.15, 0.2) is 12.1 Å². The number of benzene rings is 1. The van der Waals surface area contributed by atoms with Crippen molar-refractivity contribution in [1.82, 2.24) is 0 Å². The number of nitrogen functional groups attached to an aromatic ring is 1. The summed E-state index contributed by atoms with van der Waals surface area (Å²) >= 11 is 0. The van der Waals surface area contributed by atoms with Crippen LogP contribution in [0.25, 0.3) is 0 Å². The maximum Gasteiger partial charge on any atom is 0.167 e. The topological polar surface area (TPSA) is 47.3 Å². The Hall–Kier alpha value is -1.45. The lowest BCUT2D eigenvalue weighted by molar-refractivity contribution is 0.387. The van der Waals surface area contributed by atoms with E-state index >= 15 is 0 Å². The first-order chi connectivity index (χ1) is 7.11. The number of ether oxygens (including phenoxy) is 1. The quantitative estimate of drug-likeness (QED) is 0.752. The lowest BCUT2D eigenvalue weighted by Gasteiger charge is -2.11. The van der Waals surface area contributed by atoms with Crippen LogP contribution in [0.1, 0.15) is 13.3 Å². The predicted molar refractivity (Wildman–Crippen MR) is 58.6 cm³/mol. The summed E-state index contributed by atoms with van der Waals surface area (Å²) in [6, 6.07) is 3.35. The molecule has 82 valence electrons. The summed E-state index contributed by atoms with van der Waals surface area (Å²) in [4.78, 5) is 0. The summed E-state index contributed by atoms with van der Waals surface area (Å²) in [5.41, 5.74) is 6.88. The highest BCUT2D eigenvalue weighted by Gasteiger charge is 2.32. The molecule has 0 aromatic heterocycles. The van der Waals surface area contributed by atoms with E-state index in [0.717, 1.165) is 12.1 Å². The average molecular weight is 210 g/mol. The lowest BCUT2D eigenvalue weighted by atomic mass is 10.2. The Labute approximate surface area is 88.4 Å². The van der Waals surface area contributed by atoms with Crippen molar-refractivity contribution < 1.29 is 9.13 Å². The summed E-state index contributed by atoms with van der Waals surface area (Å²) in [6.45, 7) is 2.16. The van der Waals surface area contributed by atoms with Crippen LogP contribution >= 0.6 is 0 Å². The molecule has 0 radical (unpaired) electrons. The van der Waals surface area contributed by atoms with Crippen LogP contribution in [0.4, 0.5) is 15.8 Å². The standard InChI is InChI=1S/C11H15FN2O/c1-6-3-9(6)14-10-5-11(15-2)7(12)4-8(10)13/h4-6,9,14H,3,13H2,1-2H3. The maximum absolute atomic E-state index is 13.2. The van der Waals surface area contributed by atoms with Crippen LogP contribution in [0, 0.1) is 11.7 Å². The Balaban J connectivity index is 2.22. The molecule has 0 spiro atoms. The lowest BCUT2D eigenvalue weighted by Crippen LogP contribution is -2.07. The minimum atomic E-state index is -0.426. The van der Waals surface area contributed by atoms with E-state index in [1.807, 2.05) is 0 Å². The fourth-order valence-corrected chi connectivity index (χ4v) is 1.57. The van der Waals surface area contributed by atoms with Crippen LogP contribution in [0.5, 0.6) is 5.75 Å². The predicted octanol–water partition coefficient (Wildman–Crippen LogP) is 2.24. The largest absolute Gasteiger partial charge is 0.494 e. The summed E-state index contributed by atoms with van der Waals surface area (Å²) in [7, 11) is 1.44. The molecule has 1 aliphatic carbocycles. The average Bonchev–Trinajstić information content (AvgIpc) is 2.87. The minimum Gasteiger partial charge on any atom is -0.494 e. The fraction of sp³-hybridized carbons (Fsp3) is 0.455. The van der Waals surface area contributed by atoms with Crippen molar-refractivity contribution in [3.05, 3.63) is 17.9 Å². The number of hydrogen-bond donors (Lipinski definition) is 2. The van der Waals surface area contributed by atoms with Gasteiger partial charge >= 0.3 is 0 Å². The molecular formula is C11H15FN2O. The highest BCUT2D eigenvalue weighted by Crippen LogP contribution is 2.36. The SMILES string of the molecule is COc1cc(NC2CC2C)c(N)cc1F. The molecule has 4 heteroatoms. The van der Waals surface area contributed by atoms with Crippen molar-refractivity contribution in [3.63, 3.8) is 0 Å². The van der Waals surface area contributed by atoms with Crippen LogP contribution < -0.4 is 15.8 Å². The molecule has 1 aliphatic rings. The second-order valence-electron chi connectivity index (χ2n) is 4.04. The number of nitrogens with one attached hydrogen (secondary N) is 1. The van der Waals surface area contributed by atoms with Crippen molar-refractivity contribution in [2.45, 2.75) is 19.4 Å². The van der Waals surface area contributed by atoms with Crippen molar-refractivity contribution in [1.29, 1.82) is 0 Å². The Kier molecular flexibility index (Phi) is 2.42. The van der Waals surface area contributed by atoms with E-state index in [1.165, 1.54) is 13.2 Å². The molecule has 3 N–H and O–H groups in total. The number of anilines is 2. The zero-order valence-electron chi connectivity index (χ0n) is 8.88. The van der Waals surface area contributed by atoms with E-state index in [0.29, 0.717) is 17.6 Å². The second-order valence-corrected chi connectivity index (χ2v) is 4.04. The molecule has 1 saturated carbocycles. The van der Waals surface area contributed by atoms with Crippen LogP contribution in [0.3, 0.4) is 0 Å². The number of rotatable bonds is 3. The molecule has 2 unspecified atom stereocenters. The van der Waals surface area contributed by atoms with Crippen LogP contribution in [0.2, 0.25) is 0 Å². The van der Waals surface area contributed by atoms with E-state index in [1.54, 1.807) is 6.07 Å². The van der Waals surface area contributed by atoms with Crippen molar-refractivity contribution in [2.24, 2.45) is 5.92 Å². The zero-order chi connectivity index (χ0) is 11.0. The van der Waals surface area contributed by atoms with Gasteiger partial charge in [0.15, 0.2) is 11.6 Å². The third-order valence-corrected chi connectivity index (χ3v) is 2.77. The molecule has 0 saturated heterocycles. The molecular weight excluding hydrogens is 195 g/mol. The Morgan fingerprint density at radius 3 is 2.73 bits per heavy atom. The zero-order valence-corrected chi connectivity index (χ0v) is 8.88. The molecule has 0 bridgehead atoms. The van der Waals surface area contributed by atoms with Gasteiger partial charge in [-0.1, -0.05) is 6.92 Å². The smallest absolute Gasteiger partial charge is 0.167 e. The van der Waals surface area contributed by atoms with E-state index in [4.69, 9.17) is 10.5 Å². The van der Waals surface area contributed by atoms with Gasteiger partial charge in [0, 0.05) is 18.2 Å². The fourth-order valence-electron chi connectivity index (χ4n) is 1.57. The van der Waals surface area contributed by atoms with Gasteiger partial charge in [0.1, 0.15) is 0 Å². The molecule has 1 aromatic carbocycles. The van der Waals surface area contributed by atoms with Gasteiger partial charge in [-0.3, -0.25) is 0 Å². The van der Waals surface area contributed by atoms with E-state index in [9.17, 15) is 4.39 Å².